The van der Waals surface area contributed by atoms with Gasteiger partial charge >= 0.3 is 6.09 Å². The number of likely N-dealkylation sites (tertiary alicyclic amines) is 1. The van der Waals surface area contributed by atoms with Gasteiger partial charge in [0.05, 0.1) is 4.90 Å². The summed E-state index contributed by atoms with van der Waals surface area (Å²) in [4.78, 5) is 13.4. The number of nitrogens with zero attached hydrogens (tertiary/aromatic N) is 1. The summed E-state index contributed by atoms with van der Waals surface area (Å²) in [7, 11) is -3.43. The minimum absolute atomic E-state index is 0.154. The van der Waals surface area contributed by atoms with Crippen molar-refractivity contribution in [2.75, 3.05) is 18.8 Å². The minimum atomic E-state index is -3.43. The Kier molecular flexibility index (Phi) is 3.88. The molecule has 0 saturated carbocycles. The Balaban J connectivity index is 2.00. The Morgan fingerprint density at radius 2 is 1.76 bits per heavy atom. The van der Waals surface area contributed by atoms with Crippen molar-refractivity contribution in [3.8, 4) is 0 Å². The summed E-state index contributed by atoms with van der Waals surface area (Å²) in [6, 6.07) is 6.08. The molecular weight excluding hydrogens is 292 g/mol. The van der Waals surface area contributed by atoms with E-state index in [1.54, 1.807) is 32.9 Å². The fraction of sp³-hybridized carbons (Fsp3) is 0.500. The van der Waals surface area contributed by atoms with Crippen LogP contribution in [-0.2, 0) is 14.6 Å². The molecule has 1 aromatic rings. The highest BCUT2D eigenvalue weighted by atomic mass is 32.2. The predicted molar refractivity (Wildman–Crippen MR) is 79.6 cm³/mol. The average molecular weight is 312 g/mol. The number of nitrogen functional groups attached to an aromatic ring is 1. The number of amides is 1. The van der Waals surface area contributed by atoms with Gasteiger partial charge < -0.3 is 15.4 Å². The molecule has 0 bridgehead atoms. The standard InChI is InChI=1S/C14H20N2O4S/c1-14(2,3)20-13(17)16-8-12(9-16)21(18,19)11-6-4-10(15)5-7-11/h4-7,12H,8-9,15H2,1-3H3. The van der Waals surface area contributed by atoms with Gasteiger partial charge in [-0.2, -0.15) is 0 Å². The third-order valence-electron chi connectivity index (χ3n) is 3.15. The van der Waals surface area contributed by atoms with Crippen LogP contribution in [0.3, 0.4) is 0 Å². The van der Waals surface area contributed by atoms with E-state index in [-0.39, 0.29) is 18.0 Å². The molecule has 1 amide bonds. The summed E-state index contributed by atoms with van der Waals surface area (Å²) in [6.45, 7) is 5.62. The molecule has 1 aromatic carbocycles. The minimum Gasteiger partial charge on any atom is -0.444 e. The Labute approximate surface area is 124 Å². The third kappa shape index (κ3) is 3.47. The number of hydrogen-bond donors (Lipinski definition) is 1. The molecular formula is C14H20N2O4S. The molecule has 1 aliphatic rings. The van der Waals surface area contributed by atoms with Gasteiger partial charge in [0, 0.05) is 18.8 Å². The van der Waals surface area contributed by atoms with Gasteiger partial charge in [-0.25, -0.2) is 13.2 Å². The van der Waals surface area contributed by atoms with Crippen molar-refractivity contribution in [1.82, 2.24) is 4.90 Å². The molecule has 0 unspecified atom stereocenters. The first kappa shape index (κ1) is 15.6. The van der Waals surface area contributed by atoms with Crippen LogP contribution >= 0.6 is 0 Å². The maximum atomic E-state index is 12.4. The number of benzene rings is 1. The maximum absolute atomic E-state index is 12.4. The molecule has 2 N–H and O–H groups in total. The molecule has 1 aliphatic heterocycles. The van der Waals surface area contributed by atoms with Crippen LogP contribution in [0.4, 0.5) is 10.5 Å². The highest BCUT2D eigenvalue weighted by Gasteiger charge is 2.42. The second-order valence-corrected chi connectivity index (χ2v) is 8.35. The van der Waals surface area contributed by atoms with E-state index in [4.69, 9.17) is 10.5 Å². The van der Waals surface area contributed by atoms with Gasteiger partial charge in [0.25, 0.3) is 0 Å². The average Bonchev–Trinajstić information content (AvgIpc) is 2.24. The smallest absolute Gasteiger partial charge is 0.410 e. The Morgan fingerprint density at radius 1 is 1.24 bits per heavy atom. The van der Waals surface area contributed by atoms with E-state index in [9.17, 15) is 13.2 Å². The zero-order valence-electron chi connectivity index (χ0n) is 12.4. The summed E-state index contributed by atoms with van der Waals surface area (Å²) in [5.74, 6) is 0. The maximum Gasteiger partial charge on any atom is 0.410 e. The number of nitrogens with two attached hydrogens (primary N) is 1. The Hall–Kier alpha value is -1.76. The number of anilines is 1. The zero-order valence-corrected chi connectivity index (χ0v) is 13.2. The van der Waals surface area contributed by atoms with Crippen molar-refractivity contribution in [2.24, 2.45) is 0 Å². The van der Waals surface area contributed by atoms with Gasteiger partial charge in [-0.3, -0.25) is 0 Å². The highest BCUT2D eigenvalue weighted by Crippen LogP contribution is 2.25. The zero-order chi connectivity index (χ0) is 15.8. The van der Waals surface area contributed by atoms with Gasteiger partial charge in [0.2, 0.25) is 0 Å². The number of ether oxygens (including phenoxy) is 1. The summed E-state index contributed by atoms with van der Waals surface area (Å²) < 4.78 is 29.9. The molecule has 6 nitrogen and oxygen atoms in total. The van der Waals surface area contributed by atoms with Crippen molar-refractivity contribution in [1.29, 1.82) is 0 Å². The summed E-state index contributed by atoms with van der Waals surface area (Å²) >= 11 is 0. The molecule has 7 heteroatoms. The van der Waals surface area contributed by atoms with Gasteiger partial charge in [0.15, 0.2) is 9.84 Å². The Bertz CT molecular complexity index is 626. The van der Waals surface area contributed by atoms with Crippen molar-refractivity contribution in [3.05, 3.63) is 24.3 Å². The van der Waals surface area contributed by atoms with Crippen LogP contribution in [-0.4, -0.2) is 43.4 Å². The summed E-state index contributed by atoms with van der Waals surface area (Å²) in [5.41, 5.74) is 5.48. The van der Waals surface area contributed by atoms with E-state index >= 15 is 0 Å². The first-order valence-corrected chi connectivity index (χ1v) is 8.21. The topological polar surface area (TPSA) is 89.7 Å². The van der Waals surface area contributed by atoms with Crippen LogP contribution in [0.15, 0.2) is 29.2 Å². The summed E-state index contributed by atoms with van der Waals surface area (Å²) in [6.07, 6.45) is -0.480. The van der Waals surface area contributed by atoms with Gasteiger partial charge in [-0.05, 0) is 45.0 Å². The lowest BCUT2D eigenvalue weighted by Gasteiger charge is -2.39. The quantitative estimate of drug-likeness (QED) is 0.839. The van der Waals surface area contributed by atoms with E-state index in [1.807, 2.05) is 0 Å². The molecule has 21 heavy (non-hydrogen) atoms. The lowest BCUT2D eigenvalue weighted by Crippen LogP contribution is -2.57. The number of carbonyl (C=O) groups excluding carboxylic acids is 1. The molecule has 0 aromatic heterocycles. The molecule has 116 valence electrons. The Morgan fingerprint density at radius 3 is 2.24 bits per heavy atom. The molecule has 1 fully saturated rings. The van der Waals surface area contributed by atoms with Crippen molar-refractivity contribution in [3.63, 3.8) is 0 Å². The normalized spacial score (nSPS) is 16.4. The van der Waals surface area contributed by atoms with E-state index in [1.165, 1.54) is 17.0 Å². The third-order valence-corrected chi connectivity index (χ3v) is 5.25. The lowest BCUT2D eigenvalue weighted by molar-refractivity contribution is 0.0139. The largest absolute Gasteiger partial charge is 0.444 e. The van der Waals surface area contributed by atoms with Crippen molar-refractivity contribution >= 4 is 21.6 Å². The van der Waals surface area contributed by atoms with Crippen LogP contribution in [0.5, 0.6) is 0 Å². The lowest BCUT2D eigenvalue weighted by atomic mass is 10.2. The molecule has 1 saturated heterocycles. The number of rotatable bonds is 2. The van der Waals surface area contributed by atoms with Gasteiger partial charge in [0.1, 0.15) is 10.9 Å². The first-order valence-electron chi connectivity index (χ1n) is 6.67. The SMILES string of the molecule is CC(C)(C)OC(=O)N1CC(S(=O)(=O)c2ccc(N)cc2)C1. The van der Waals surface area contributed by atoms with Crippen molar-refractivity contribution < 1.29 is 17.9 Å². The van der Waals surface area contributed by atoms with Crippen LogP contribution in [0.25, 0.3) is 0 Å². The number of carbonyl (C=O) groups is 1. The molecule has 2 rings (SSSR count). The molecule has 0 atom stereocenters. The summed E-state index contributed by atoms with van der Waals surface area (Å²) in [5, 5.41) is -0.589. The molecule has 0 radical (unpaired) electrons. The first-order chi connectivity index (χ1) is 9.59. The second kappa shape index (κ2) is 5.22. The van der Waals surface area contributed by atoms with Crippen LogP contribution in [0.1, 0.15) is 20.8 Å². The monoisotopic (exact) mass is 312 g/mol. The molecule has 0 spiro atoms. The van der Waals surface area contributed by atoms with Crippen LogP contribution in [0, 0.1) is 0 Å². The predicted octanol–water partition coefficient (Wildman–Crippen LogP) is 1.66. The van der Waals surface area contributed by atoms with E-state index < -0.39 is 26.8 Å². The number of hydrogen-bond acceptors (Lipinski definition) is 5. The van der Waals surface area contributed by atoms with E-state index in [0.717, 1.165) is 0 Å². The van der Waals surface area contributed by atoms with Gasteiger partial charge in [-0.15, -0.1) is 0 Å². The fourth-order valence-electron chi connectivity index (χ4n) is 1.96. The van der Waals surface area contributed by atoms with Gasteiger partial charge in [-0.1, -0.05) is 0 Å². The molecule has 0 aliphatic carbocycles. The highest BCUT2D eigenvalue weighted by molar-refractivity contribution is 7.92. The number of sulfone groups is 1. The van der Waals surface area contributed by atoms with E-state index in [0.29, 0.717) is 5.69 Å². The van der Waals surface area contributed by atoms with Crippen LogP contribution < -0.4 is 5.73 Å². The molecule has 1 heterocycles. The van der Waals surface area contributed by atoms with E-state index in [2.05, 4.69) is 0 Å². The van der Waals surface area contributed by atoms with Crippen molar-refractivity contribution in [2.45, 2.75) is 36.5 Å². The van der Waals surface area contributed by atoms with Crippen LogP contribution in [0.2, 0.25) is 0 Å². The fourth-order valence-corrected chi connectivity index (χ4v) is 3.61. The second-order valence-electron chi connectivity index (χ2n) is 6.12.